The summed E-state index contributed by atoms with van der Waals surface area (Å²) in [6.45, 7) is 2.77. The second kappa shape index (κ2) is 15.2. The standard InChI is InChI=1S/C31H41NO2/c1-26-16-11-8-6-4-2-3-5-7-9-14-21-31(33)32-29-22-28(20-15-17-26)23-30(24-29)34-25-27-18-12-10-13-19-27/h2,4,10,12-13,17-19,22-24H,3,5-9,11,14-16,20-21,25H2,1H3,(H,32,33)/b4-2+,26-17-. The van der Waals surface area contributed by atoms with E-state index in [1.807, 2.05) is 24.3 Å². The summed E-state index contributed by atoms with van der Waals surface area (Å²) in [5, 5.41) is 3.11. The van der Waals surface area contributed by atoms with Crippen LogP contribution in [-0.2, 0) is 17.8 Å². The van der Waals surface area contributed by atoms with Gasteiger partial charge in [0.2, 0.25) is 5.91 Å². The van der Waals surface area contributed by atoms with E-state index in [0.717, 1.165) is 49.1 Å². The van der Waals surface area contributed by atoms with Crippen LogP contribution in [0.25, 0.3) is 0 Å². The molecule has 0 saturated carbocycles. The molecule has 0 aromatic heterocycles. The molecule has 3 nitrogen and oxygen atoms in total. The lowest BCUT2D eigenvalue weighted by atomic mass is 10.0. The van der Waals surface area contributed by atoms with Crippen LogP contribution in [0.15, 0.2) is 72.3 Å². The number of carbonyl (C=O) groups excluding carboxylic acids is 1. The molecule has 1 N–H and O–H groups in total. The Kier molecular flexibility index (Phi) is 11.5. The largest absolute Gasteiger partial charge is 0.489 e. The maximum Gasteiger partial charge on any atom is 0.224 e. The Hall–Kier alpha value is -2.81. The van der Waals surface area contributed by atoms with Gasteiger partial charge in [0, 0.05) is 18.2 Å². The van der Waals surface area contributed by atoms with Crippen molar-refractivity contribution in [3.63, 3.8) is 0 Å². The van der Waals surface area contributed by atoms with E-state index in [4.69, 9.17) is 4.74 Å². The molecule has 34 heavy (non-hydrogen) atoms. The molecule has 0 saturated heterocycles. The van der Waals surface area contributed by atoms with E-state index in [1.54, 1.807) is 0 Å². The van der Waals surface area contributed by atoms with Gasteiger partial charge >= 0.3 is 0 Å². The van der Waals surface area contributed by atoms with Crippen LogP contribution in [0, 0.1) is 0 Å². The molecule has 0 fully saturated rings. The van der Waals surface area contributed by atoms with Crippen molar-refractivity contribution < 1.29 is 9.53 Å². The van der Waals surface area contributed by atoms with Gasteiger partial charge in [0.15, 0.2) is 0 Å². The predicted octanol–water partition coefficient (Wildman–Crippen LogP) is 8.55. The van der Waals surface area contributed by atoms with Crippen molar-refractivity contribution in [2.24, 2.45) is 0 Å². The maximum absolute atomic E-state index is 12.6. The second-order valence-electron chi connectivity index (χ2n) is 9.45. The quantitative estimate of drug-likeness (QED) is 0.467. The summed E-state index contributed by atoms with van der Waals surface area (Å²) >= 11 is 0. The molecule has 1 amide bonds. The van der Waals surface area contributed by atoms with Crippen LogP contribution >= 0.6 is 0 Å². The first-order valence-corrected chi connectivity index (χ1v) is 13.1. The maximum atomic E-state index is 12.6. The van der Waals surface area contributed by atoms with Gasteiger partial charge in [0.1, 0.15) is 12.4 Å². The SMILES string of the molecule is C/C1=C/CCc2cc(cc(OCc3ccccc3)c2)NC(=O)CCCCCC/C=C/CCCC1. The summed E-state index contributed by atoms with van der Waals surface area (Å²) < 4.78 is 6.11. The highest BCUT2D eigenvalue weighted by Crippen LogP contribution is 2.24. The van der Waals surface area contributed by atoms with Gasteiger partial charge in [0.05, 0.1) is 0 Å². The highest BCUT2D eigenvalue weighted by molar-refractivity contribution is 5.91. The van der Waals surface area contributed by atoms with Crippen molar-refractivity contribution in [1.82, 2.24) is 0 Å². The van der Waals surface area contributed by atoms with Crippen LogP contribution in [0.1, 0.15) is 88.7 Å². The summed E-state index contributed by atoms with van der Waals surface area (Å²) in [5.41, 5.74) is 4.64. The molecule has 1 aliphatic heterocycles. The number of nitrogens with one attached hydrogen (secondary N) is 1. The van der Waals surface area contributed by atoms with Gasteiger partial charge in [-0.3, -0.25) is 4.79 Å². The fourth-order valence-corrected chi connectivity index (χ4v) is 4.32. The molecule has 182 valence electrons. The Morgan fingerprint density at radius 1 is 0.794 bits per heavy atom. The lowest BCUT2D eigenvalue weighted by Gasteiger charge is -2.13. The number of hydrogen-bond acceptors (Lipinski definition) is 2. The van der Waals surface area contributed by atoms with Gasteiger partial charge in [-0.1, -0.05) is 67.0 Å². The number of hydrogen-bond donors (Lipinski definition) is 1. The van der Waals surface area contributed by atoms with E-state index in [0.29, 0.717) is 13.0 Å². The van der Waals surface area contributed by atoms with Gasteiger partial charge in [-0.05, 0) is 88.0 Å². The van der Waals surface area contributed by atoms with E-state index < -0.39 is 0 Å². The average Bonchev–Trinajstić information content (AvgIpc) is 2.83. The molecule has 3 rings (SSSR count). The molecule has 0 spiro atoms. The van der Waals surface area contributed by atoms with E-state index in [-0.39, 0.29) is 5.91 Å². The van der Waals surface area contributed by atoms with Crippen molar-refractivity contribution >= 4 is 11.6 Å². The first-order valence-electron chi connectivity index (χ1n) is 13.1. The van der Waals surface area contributed by atoms with Crippen LogP contribution in [0.4, 0.5) is 5.69 Å². The number of amides is 1. The summed E-state index contributed by atoms with van der Waals surface area (Å²) in [6, 6.07) is 16.4. The summed E-state index contributed by atoms with van der Waals surface area (Å²) in [5.74, 6) is 0.899. The molecule has 2 bridgehead atoms. The normalized spacial score (nSPS) is 19.7. The third kappa shape index (κ3) is 10.4. The average molecular weight is 460 g/mol. The number of rotatable bonds is 3. The number of carbonyl (C=O) groups is 1. The molecule has 2 aromatic rings. The van der Waals surface area contributed by atoms with Crippen LogP contribution in [0.5, 0.6) is 5.75 Å². The summed E-state index contributed by atoms with van der Waals surface area (Å²) in [6.07, 6.45) is 20.0. The second-order valence-corrected chi connectivity index (χ2v) is 9.45. The Morgan fingerprint density at radius 3 is 2.35 bits per heavy atom. The van der Waals surface area contributed by atoms with Crippen molar-refractivity contribution in [2.45, 2.75) is 90.6 Å². The monoisotopic (exact) mass is 459 g/mol. The topological polar surface area (TPSA) is 38.3 Å². The minimum Gasteiger partial charge on any atom is -0.489 e. The summed E-state index contributed by atoms with van der Waals surface area (Å²) in [4.78, 5) is 12.6. The van der Waals surface area contributed by atoms with E-state index in [2.05, 4.69) is 54.7 Å². The number of ether oxygens (including phenoxy) is 1. The van der Waals surface area contributed by atoms with E-state index in [9.17, 15) is 4.79 Å². The number of aryl methyl sites for hydroxylation is 1. The highest BCUT2D eigenvalue weighted by atomic mass is 16.5. The molecule has 1 aliphatic rings. The minimum atomic E-state index is 0.0905. The number of benzene rings is 2. The van der Waals surface area contributed by atoms with E-state index >= 15 is 0 Å². The van der Waals surface area contributed by atoms with Gasteiger partial charge in [-0.15, -0.1) is 0 Å². The lowest BCUT2D eigenvalue weighted by Crippen LogP contribution is -2.11. The zero-order valence-electron chi connectivity index (χ0n) is 20.9. The van der Waals surface area contributed by atoms with Crippen LogP contribution in [0.3, 0.4) is 0 Å². The zero-order chi connectivity index (χ0) is 23.8. The molecule has 0 aliphatic carbocycles. The Bertz CT molecular complexity index is 930. The third-order valence-electron chi connectivity index (χ3n) is 6.31. The highest BCUT2D eigenvalue weighted by Gasteiger charge is 2.07. The van der Waals surface area contributed by atoms with Crippen molar-refractivity contribution in [1.29, 1.82) is 0 Å². The van der Waals surface area contributed by atoms with Crippen LogP contribution in [-0.4, -0.2) is 5.91 Å². The van der Waals surface area contributed by atoms with Gasteiger partial charge < -0.3 is 10.1 Å². The van der Waals surface area contributed by atoms with Crippen molar-refractivity contribution in [2.75, 3.05) is 5.32 Å². The zero-order valence-corrected chi connectivity index (χ0v) is 20.9. The number of fused-ring (bicyclic) bond motifs is 2. The molecular weight excluding hydrogens is 418 g/mol. The first-order chi connectivity index (χ1) is 16.7. The van der Waals surface area contributed by atoms with Crippen molar-refractivity contribution in [3.05, 3.63) is 83.5 Å². The Morgan fingerprint density at radius 2 is 1.53 bits per heavy atom. The molecule has 1 heterocycles. The van der Waals surface area contributed by atoms with Gasteiger partial charge in [0.25, 0.3) is 0 Å². The molecular formula is C31H41NO2. The smallest absolute Gasteiger partial charge is 0.224 e. The molecule has 3 heteroatoms. The van der Waals surface area contributed by atoms with E-state index in [1.165, 1.54) is 49.7 Å². The number of anilines is 1. The number of allylic oxidation sites excluding steroid dienone is 4. The summed E-state index contributed by atoms with van der Waals surface area (Å²) in [7, 11) is 0. The van der Waals surface area contributed by atoms with Gasteiger partial charge in [-0.2, -0.15) is 0 Å². The Labute approximate surface area is 206 Å². The van der Waals surface area contributed by atoms with Crippen LogP contribution < -0.4 is 10.1 Å². The van der Waals surface area contributed by atoms with Crippen LogP contribution in [0.2, 0.25) is 0 Å². The van der Waals surface area contributed by atoms with Crippen molar-refractivity contribution in [3.8, 4) is 5.75 Å². The first kappa shape index (κ1) is 25.8. The minimum absolute atomic E-state index is 0.0905. The molecule has 0 radical (unpaired) electrons. The Balaban J connectivity index is 1.67. The molecule has 0 unspecified atom stereocenters. The fraction of sp³-hybridized carbons (Fsp3) is 0.452. The van der Waals surface area contributed by atoms with Gasteiger partial charge in [-0.25, -0.2) is 0 Å². The molecule has 2 aromatic carbocycles. The third-order valence-corrected chi connectivity index (χ3v) is 6.31. The predicted molar refractivity (Wildman–Crippen MR) is 143 cm³/mol. The fourth-order valence-electron chi connectivity index (χ4n) is 4.32. The molecule has 0 atom stereocenters. The lowest BCUT2D eigenvalue weighted by molar-refractivity contribution is -0.116.